The third-order valence-corrected chi connectivity index (χ3v) is 5.75. The summed E-state index contributed by atoms with van der Waals surface area (Å²) in [4.78, 5) is 2.66. The highest BCUT2D eigenvalue weighted by atomic mass is 79.9. The molecule has 2 aliphatic rings. The summed E-state index contributed by atoms with van der Waals surface area (Å²) in [6, 6.07) is 7.87. The summed E-state index contributed by atoms with van der Waals surface area (Å²) in [6.07, 6.45) is 2.82. The summed E-state index contributed by atoms with van der Waals surface area (Å²) in [7, 11) is 0. The highest BCUT2D eigenvalue weighted by Gasteiger charge is 2.38. The standard InChI is InChI=1S/C17H25BrN2/c1-11(2)17-9-19-15(13-7-8-13)10-20(17)16-6-4-5-14(18)12(16)3/h4-6,11,13,15,17,19H,7-10H2,1-3H3. The van der Waals surface area contributed by atoms with Gasteiger partial charge in [0, 0.05) is 35.3 Å². The molecule has 1 aliphatic carbocycles. The predicted octanol–water partition coefficient (Wildman–Crippen LogP) is 3.97. The molecule has 0 amide bonds. The van der Waals surface area contributed by atoms with Crippen LogP contribution in [0.3, 0.4) is 0 Å². The van der Waals surface area contributed by atoms with Gasteiger partial charge in [-0.2, -0.15) is 0 Å². The zero-order valence-corrected chi connectivity index (χ0v) is 14.3. The van der Waals surface area contributed by atoms with E-state index in [0.29, 0.717) is 18.0 Å². The van der Waals surface area contributed by atoms with Gasteiger partial charge < -0.3 is 10.2 Å². The number of anilines is 1. The van der Waals surface area contributed by atoms with Gasteiger partial charge in [0.2, 0.25) is 0 Å². The van der Waals surface area contributed by atoms with Crippen LogP contribution in [0.25, 0.3) is 0 Å². The first-order valence-electron chi connectivity index (χ1n) is 7.83. The third kappa shape index (κ3) is 2.75. The molecule has 0 aromatic heterocycles. The molecule has 110 valence electrons. The van der Waals surface area contributed by atoms with E-state index < -0.39 is 0 Å². The van der Waals surface area contributed by atoms with Crippen molar-refractivity contribution in [2.75, 3.05) is 18.0 Å². The van der Waals surface area contributed by atoms with E-state index in [1.807, 2.05) is 0 Å². The Balaban J connectivity index is 1.90. The molecule has 0 radical (unpaired) electrons. The molecule has 1 aromatic rings. The van der Waals surface area contributed by atoms with E-state index in [9.17, 15) is 0 Å². The quantitative estimate of drug-likeness (QED) is 0.898. The summed E-state index contributed by atoms with van der Waals surface area (Å²) in [5, 5.41) is 3.79. The van der Waals surface area contributed by atoms with Crippen molar-refractivity contribution in [2.45, 2.75) is 45.7 Å². The fourth-order valence-corrected chi connectivity index (χ4v) is 3.74. The molecular weight excluding hydrogens is 312 g/mol. The first-order chi connectivity index (χ1) is 9.58. The maximum Gasteiger partial charge on any atom is 0.0438 e. The molecule has 2 fully saturated rings. The van der Waals surface area contributed by atoms with Crippen molar-refractivity contribution in [1.82, 2.24) is 5.32 Å². The van der Waals surface area contributed by atoms with Gasteiger partial charge in [0.1, 0.15) is 0 Å². The molecule has 2 atom stereocenters. The molecule has 20 heavy (non-hydrogen) atoms. The largest absolute Gasteiger partial charge is 0.365 e. The number of hydrogen-bond donors (Lipinski definition) is 1. The van der Waals surface area contributed by atoms with Crippen molar-refractivity contribution in [3.05, 3.63) is 28.2 Å². The molecule has 1 aromatic carbocycles. The number of halogens is 1. The lowest BCUT2D eigenvalue weighted by atomic mass is 9.95. The second kappa shape index (κ2) is 5.69. The van der Waals surface area contributed by atoms with E-state index in [0.717, 1.165) is 19.0 Å². The number of hydrogen-bond acceptors (Lipinski definition) is 2. The van der Waals surface area contributed by atoms with Crippen molar-refractivity contribution in [3.63, 3.8) is 0 Å². The second-order valence-corrected chi connectivity index (χ2v) is 7.55. The van der Waals surface area contributed by atoms with E-state index in [4.69, 9.17) is 0 Å². The molecule has 1 N–H and O–H groups in total. The Hall–Kier alpha value is -0.540. The minimum Gasteiger partial charge on any atom is -0.365 e. The van der Waals surface area contributed by atoms with Crippen molar-refractivity contribution in [2.24, 2.45) is 11.8 Å². The van der Waals surface area contributed by atoms with E-state index in [2.05, 4.69) is 65.1 Å². The highest BCUT2D eigenvalue weighted by Crippen LogP contribution is 2.37. The van der Waals surface area contributed by atoms with Crippen molar-refractivity contribution >= 4 is 21.6 Å². The summed E-state index contributed by atoms with van der Waals surface area (Å²) in [5.41, 5.74) is 2.78. The summed E-state index contributed by atoms with van der Waals surface area (Å²) in [5.74, 6) is 1.58. The number of piperazine rings is 1. The Kier molecular flexibility index (Phi) is 4.09. The highest BCUT2D eigenvalue weighted by molar-refractivity contribution is 9.10. The van der Waals surface area contributed by atoms with Gasteiger partial charge in [-0.1, -0.05) is 35.8 Å². The number of benzene rings is 1. The van der Waals surface area contributed by atoms with Gasteiger partial charge >= 0.3 is 0 Å². The molecule has 1 aliphatic heterocycles. The molecule has 0 bridgehead atoms. The van der Waals surface area contributed by atoms with E-state index in [-0.39, 0.29) is 0 Å². The summed E-state index contributed by atoms with van der Waals surface area (Å²) < 4.78 is 1.22. The first-order valence-corrected chi connectivity index (χ1v) is 8.62. The lowest BCUT2D eigenvalue weighted by Gasteiger charge is -2.44. The van der Waals surface area contributed by atoms with Crippen LogP contribution in [-0.4, -0.2) is 25.2 Å². The van der Waals surface area contributed by atoms with Crippen LogP contribution in [-0.2, 0) is 0 Å². The normalized spacial score (nSPS) is 27.1. The Morgan fingerprint density at radius 2 is 2.05 bits per heavy atom. The maximum atomic E-state index is 3.79. The Morgan fingerprint density at radius 3 is 2.70 bits per heavy atom. The lowest BCUT2D eigenvalue weighted by Crippen LogP contribution is -2.59. The molecule has 1 heterocycles. The predicted molar refractivity (Wildman–Crippen MR) is 89.4 cm³/mol. The topological polar surface area (TPSA) is 15.3 Å². The zero-order chi connectivity index (χ0) is 14.3. The molecule has 2 nitrogen and oxygen atoms in total. The number of rotatable bonds is 3. The van der Waals surface area contributed by atoms with Gasteiger partial charge in [0.15, 0.2) is 0 Å². The number of nitrogens with one attached hydrogen (secondary N) is 1. The monoisotopic (exact) mass is 336 g/mol. The van der Waals surface area contributed by atoms with Crippen LogP contribution in [0.15, 0.2) is 22.7 Å². The molecule has 3 rings (SSSR count). The van der Waals surface area contributed by atoms with Crippen LogP contribution in [0, 0.1) is 18.8 Å². The van der Waals surface area contributed by atoms with Crippen LogP contribution in [0.1, 0.15) is 32.3 Å². The van der Waals surface area contributed by atoms with Gasteiger partial charge in [0.25, 0.3) is 0 Å². The van der Waals surface area contributed by atoms with Crippen LogP contribution < -0.4 is 10.2 Å². The molecule has 0 spiro atoms. The van der Waals surface area contributed by atoms with Crippen LogP contribution in [0.4, 0.5) is 5.69 Å². The molecule has 2 unspecified atom stereocenters. The van der Waals surface area contributed by atoms with Gasteiger partial charge in [-0.05, 0) is 49.3 Å². The average Bonchev–Trinajstić information content (AvgIpc) is 3.25. The minimum atomic E-state index is 0.595. The van der Waals surface area contributed by atoms with Gasteiger partial charge in [-0.25, -0.2) is 0 Å². The SMILES string of the molecule is Cc1c(Br)cccc1N1CC(C2CC2)NCC1C(C)C. The summed E-state index contributed by atoms with van der Waals surface area (Å²) in [6.45, 7) is 9.18. The second-order valence-electron chi connectivity index (χ2n) is 6.70. The zero-order valence-electron chi connectivity index (χ0n) is 12.7. The van der Waals surface area contributed by atoms with Gasteiger partial charge in [-0.15, -0.1) is 0 Å². The van der Waals surface area contributed by atoms with E-state index in [1.165, 1.54) is 28.6 Å². The van der Waals surface area contributed by atoms with Crippen molar-refractivity contribution < 1.29 is 0 Å². The molecule has 1 saturated carbocycles. The maximum absolute atomic E-state index is 3.79. The van der Waals surface area contributed by atoms with Crippen LogP contribution in [0.5, 0.6) is 0 Å². The molecule has 3 heteroatoms. The Labute approximate surface area is 131 Å². The minimum absolute atomic E-state index is 0.595. The van der Waals surface area contributed by atoms with Gasteiger partial charge in [0.05, 0.1) is 0 Å². The van der Waals surface area contributed by atoms with Crippen molar-refractivity contribution in [3.8, 4) is 0 Å². The smallest absolute Gasteiger partial charge is 0.0438 e. The fraction of sp³-hybridized carbons (Fsp3) is 0.647. The van der Waals surface area contributed by atoms with E-state index in [1.54, 1.807) is 0 Å². The van der Waals surface area contributed by atoms with Crippen molar-refractivity contribution in [1.29, 1.82) is 0 Å². The lowest BCUT2D eigenvalue weighted by molar-refractivity contribution is 0.320. The number of nitrogens with zero attached hydrogens (tertiary/aromatic N) is 1. The Bertz CT molecular complexity index is 482. The average molecular weight is 337 g/mol. The first kappa shape index (κ1) is 14.4. The third-order valence-electron chi connectivity index (χ3n) is 4.89. The molecule has 1 saturated heterocycles. The van der Waals surface area contributed by atoms with E-state index >= 15 is 0 Å². The Morgan fingerprint density at radius 1 is 1.30 bits per heavy atom. The van der Waals surface area contributed by atoms with Crippen LogP contribution >= 0.6 is 15.9 Å². The fourth-order valence-electron chi connectivity index (χ4n) is 3.39. The van der Waals surface area contributed by atoms with Gasteiger partial charge in [-0.3, -0.25) is 0 Å². The molecular formula is C17H25BrN2. The summed E-state index contributed by atoms with van der Waals surface area (Å²) >= 11 is 3.68. The van der Waals surface area contributed by atoms with Crippen LogP contribution in [0.2, 0.25) is 0 Å².